The van der Waals surface area contributed by atoms with Gasteiger partial charge in [-0.15, -0.1) is 0 Å². The first-order chi connectivity index (χ1) is 18.9. The summed E-state index contributed by atoms with van der Waals surface area (Å²) in [5.41, 5.74) is 2.50. The average molecular weight is 535 g/mol. The third-order valence-electron chi connectivity index (χ3n) is 6.99. The van der Waals surface area contributed by atoms with Crippen molar-refractivity contribution in [3.05, 3.63) is 107 Å². The fourth-order valence-corrected chi connectivity index (χ4v) is 5.05. The Kier molecular flexibility index (Phi) is 6.38. The Morgan fingerprint density at radius 2 is 1.59 bits per heavy atom. The predicted molar refractivity (Wildman–Crippen MR) is 137 cm³/mol. The van der Waals surface area contributed by atoms with Crippen molar-refractivity contribution in [2.75, 3.05) is 12.1 Å². The molecule has 7 nitrogen and oxygen atoms in total. The molecule has 0 spiro atoms. The van der Waals surface area contributed by atoms with Crippen molar-refractivity contribution >= 4 is 11.7 Å². The number of carbonyl (C=O) groups is 1. The second kappa shape index (κ2) is 10.0. The van der Waals surface area contributed by atoms with Gasteiger partial charge in [0, 0.05) is 19.5 Å². The van der Waals surface area contributed by atoms with Crippen molar-refractivity contribution in [3.63, 3.8) is 0 Å². The molecule has 39 heavy (non-hydrogen) atoms. The molecule has 3 aromatic carbocycles. The van der Waals surface area contributed by atoms with Crippen LogP contribution in [0.25, 0.3) is 0 Å². The molecule has 0 unspecified atom stereocenters. The van der Waals surface area contributed by atoms with Gasteiger partial charge in [-0.1, -0.05) is 66.7 Å². The van der Waals surface area contributed by atoms with Gasteiger partial charge in [0.15, 0.2) is 17.5 Å². The Labute approximate surface area is 222 Å². The van der Waals surface area contributed by atoms with Gasteiger partial charge in [0.25, 0.3) is 5.91 Å². The molecule has 2 aliphatic rings. The summed E-state index contributed by atoms with van der Waals surface area (Å²) in [4.78, 5) is 15.6. The van der Waals surface area contributed by atoms with Gasteiger partial charge < -0.3 is 19.7 Å². The van der Waals surface area contributed by atoms with Gasteiger partial charge in [-0.3, -0.25) is 4.79 Å². The number of hydrogen-bond donors (Lipinski definition) is 1. The summed E-state index contributed by atoms with van der Waals surface area (Å²) in [6.45, 7) is 0.632. The number of aromatic nitrogens is 2. The van der Waals surface area contributed by atoms with Gasteiger partial charge in [-0.25, -0.2) is 4.68 Å². The number of ether oxygens (including phenoxy) is 2. The molecule has 0 saturated heterocycles. The minimum Gasteiger partial charge on any atom is -0.454 e. The summed E-state index contributed by atoms with van der Waals surface area (Å²) in [7, 11) is 0. The number of fused-ring (bicyclic) bond motifs is 2. The first-order valence-corrected chi connectivity index (χ1v) is 12.5. The fraction of sp³-hybridized carbons (Fsp3) is 0.241. The minimum absolute atomic E-state index is 0.0439. The topological polar surface area (TPSA) is 68.6 Å². The highest BCUT2D eigenvalue weighted by Gasteiger charge is 2.47. The van der Waals surface area contributed by atoms with Crippen LogP contribution in [0, 0.1) is 0 Å². The molecule has 10 heteroatoms. The van der Waals surface area contributed by atoms with Gasteiger partial charge in [-0.2, -0.15) is 18.3 Å². The van der Waals surface area contributed by atoms with Crippen LogP contribution in [0.2, 0.25) is 0 Å². The van der Waals surface area contributed by atoms with Crippen LogP contribution in [0.3, 0.4) is 0 Å². The summed E-state index contributed by atoms with van der Waals surface area (Å²) < 4.78 is 54.4. The van der Waals surface area contributed by atoms with E-state index in [1.807, 2.05) is 60.7 Å². The largest absolute Gasteiger partial charge is 0.454 e. The highest BCUT2D eigenvalue weighted by Crippen LogP contribution is 2.46. The highest BCUT2D eigenvalue weighted by molar-refractivity contribution is 5.99. The average Bonchev–Trinajstić information content (AvgIpc) is 3.59. The Hall–Kier alpha value is -4.47. The highest BCUT2D eigenvalue weighted by atomic mass is 19.4. The number of nitrogens with one attached hydrogen (secondary N) is 1. The minimum atomic E-state index is -4.56. The molecule has 0 fully saturated rings. The molecule has 4 aromatic rings. The van der Waals surface area contributed by atoms with Crippen molar-refractivity contribution in [2.45, 2.75) is 37.8 Å². The molecule has 1 N–H and O–H groups in total. The lowest BCUT2D eigenvalue weighted by molar-refractivity contribution is -0.173. The normalized spacial score (nSPS) is 17.8. The van der Waals surface area contributed by atoms with E-state index < -0.39 is 24.2 Å². The number of halogens is 3. The molecule has 200 valence electrons. The molecule has 3 heterocycles. The lowest BCUT2D eigenvalue weighted by Crippen LogP contribution is -2.37. The van der Waals surface area contributed by atoms with Gasteiger partial charge in [-0.05, 0) is 28.8 Å². The number of amides is 1. The Morgan fingerprint density at radius 3 is 2.23 bits per heavy atom. The van der Waals surface area contributed by atoms with Crippen LogP contribution in [0.4, 0.5) is 19.0 Å². The number of carbonyl (C=O) groups excluding carboxylic acids is 1. The van der Waals surface area contributed by atoms with E-state index in [0.717, 1.165) is 15.8 Å². The lowest BCUT2D eigenvalue weighted by atomic mass is 9.96. The Bertz CT molecular complexity index is 1430. The molecule has 6 rings (SSSR count). The van der Waals surface area contributed by atoms with Gasteiger partial charge in [0.05, 0.1) is 12.2 Å². The molecular formula is C29H25F3N4O3. The van der Waals surface area contributed by atoms with Crippen LogP contribution in [0.15, 0.2) is 85.1 Å². The van der Waals surface area contributed by atoms with Gasteiger partial charge in [0.2, 0.25) is 6.79 Å². The third kappa shape index (κ3) is 5.01. The van der Waals surface area contributed by atoms with Crippen molar-refractivity contribution in [3.8, 4) is 11.5 Å². The molecule has 1 aromatic heterocycles. The zero-order valence-corrected chi connectivity index (χ0v) is 20.8. The van der Waals surface area contributed by atoms with E-state index in [9.17, 15) is 18.0 Å². The molecule has 0 saturated carbocycles. The monoisotopic (exact) mass is 534 g/mol. The number of nitrogens with zero attached hydrogens (tertiary/aromatic N) is 3. The second-order valence-electron chi connectivity index (χ2n) is 9.59. The Balaban J connectivity index is 1.36. The molecular weight excluding hydrogens is 509 g/mol. The second-order valence-corrected chi connectivity index (χ2v) is 9.59. The maximum Gasteiger partial charge on any atom is 0.410 e. The summed E-state index contributed by atoms with van der Waals surface area (Å²) in [5, 5.41) is 7.23. The Morgan fingerprint density at radius 1 is 0.949 bits per heavy atom. The van der Waals surface area contributed by atoms with Crippen molar-refractivity contribution in [2.24, 2.45) is 0 Å². The predicted octanol–water partition coefficient (Wildman–Crippen LogP) is 6.11. The van der Waals surface area contributed by atoms with Gasteiger partial charge in [0.1, 0.15) is 11.4 Å². The van der Waals surface area contributed by atoms with Crippen LogP contribution in [0.5, 0.6) is 11.5 Å². The summed E-state index contributed by atoms with van der Waals surface area (Å²) in [5.74, 6) is 0.650. The molecule has 0 radical (unpaired) electrons. The smallest absolute Gasteiger partial charge is 0.410 e. The first kappa shape index (κ1) is 24.8. The van der Waals surface area contributed by atoms with E-state index in [0.29, 0.717) is 17.1 Å². The number of rotatable bonds is 6. The van der Waals surface area contributed by atoms with E-state index >= 15 is 0 Å². The van der Waals surface area contributed by atoms with Gasteiger partial charge >= 0.3 is 6.18 Å². The maximum atomic E-state index is 14.2. The van der Waals surface area contributed by atoms with Crippen LogP contribution >= 0.6 is 0 Å². The van der Waals surface area contributed by atoms with Crippen LogP contribution in [-0.4, -0.2) is 33.6 Å². The molecule has 0 bridgehead atoms. The number of hydrogen-bond acceptors (Lipinski definition) is 5. The van der Waals surface area contributed by atoms with Crippen molar-refractivity contribution in [1.29, 1.82) is 0 Å². The first-order valence-electron chi connectivity index (χ1n) is 12.5. The van der Waals surface area contributed by atoms with E-state index in [1.54, 1.807) is 23.1 Å². The zero-order chi connectivity index (χ0) is 27.0. The quantitative estimate of drug-likeness (QED) is 0.323. The standard InChI is InChI=1S/C29H25F3N4O3/c30-29(31,32)26-14-23(21-11-12-24-25(13-21)39-18-38-24)34-27-22(15-33-36(26)27)28(37)35(16-19-7-3-1-4-8-19)17-20-9-5-2-6-10-20/h1-13,15,23,26,34H,14,16-18H2/t23-,26+/m1/s1. The van der Waals surface area contributed by atoms with E-state index in [-0.39, 0.29) is 37.7 Å². The number of alkyl halides is 3. The van der Waals surface area contributed by atoms with Crippen LogP contribution < -0.4 is 14.8 Å². The molecule has 2 aliphatic heterocycles. The van der Waals surface area contributed by atoms with Crippen molar-refractivity contribution in [1.82, 2.24) is 14.7 Å². The number of anilines is 1. The summed E-state index contributed by atoms with van der Waals surface area (Å²) in [6.07, 6.45) is -3.62. The maximum absolute atomic E-state index is 14.2. The molecule has 1 amide bonds. The van der Waals surface area contributed by atoms with E-state index in [4.69, 9.17) is 9.47 Å². The van der Waals surface area contributed by atoms with Crippen LogP contribution in [-0.2, 0) is 13.1 Å². The lowest BCUT2D eigenvalue weighted by Gasteiger charge is -2.34. The molecule has 0 aliphatic carbocycles. The third-order valence-corrected chi connectivity index (χ3v) is 6.99. The van der Waals surface area contributed by atoms with E-state index in [2.05, 4.69) is 10.4 Å². The molecule has 2 atom stereocenters. The fourth-order valence-electron chi connectivity index (χ4n) is 5.05. The van der Waals surface area contributed by atoms with E-state index in [1.165, 1.54) is 6.20 Å². The summed E-state index contributed by atoms with van der Waals surface area (Å²) >= 11 is 0. The zero-order valence-electron chi connectivity index (χ0n) is 20.8. The van der Waals surface area contributed by atoms with Crippen LogP contribution in [0.1, 0.15) is 45.6 Å². The van der Waals surface area contributed by atoms with Crippen molar-refractivity contribution < 1.29 is 27.4 Å². The summed E-state index contributed by atoms with van der Waals surface area (Å²) in [6, 6.07) is 21.4. The number of benzene rings is 3. The SMILES string of the molecule is O=C(c1cnn2c1N[C@@H](c1ccc3c(c1)OCO3)C[C@H]2C(F)(F)F)N(Cc1ccccc1)Cc1ccccc1.